The van der Waals surface area contributed by atoms with E-state index in [0.717, 1.165) is 12.8 Å². The van der Waals surface area contributed by atoms with Crippen LogP contribution in [0.4, 0.5) is 9.59 Å². The van der Waals surface area contributed by atoms with Gasteiger partial charge in [-0.1, -0.05) is 12.8 Å². The molecule has 0 heterocycles. The number of aliphatic carboxylic acids is 2. The van der Waals surface area contributed by atoms with E-state index in [1.165, 1.54) is 0 Å². The number of carbonyl (C=O) groups excluding carboxylic acids is 2. The topological polar surface area (TPSA) is 197 Å². The maximum atomic E-state index is 11.4. The Balaban J connectivity index is 3.64. The molecule has 0 aromatic rings. The number of amides is 4. The van der Waals surface area contributed by atoms with E-state index in [1.54, 1.807) is 0 Å². The van der Waals surface area contributed by atoms with E-state index >= 15 is 0 Å². The minimum Gasteiger partial charge on any atom is -0.480 e. The summed E-state index contributed by atoms with van der Waals surface area (Å²) in [5.74, 6) is -2.65. The summed E-state index contributed by atoms with van der Waals surface area (Å²) >= 11 is 0. The molecule has 0 saturated heterocycles. The second-order valence-corrected chi connectivity index (χ2v) is 5.36. The molecule has 0 radical (unpaired) electrons. The molecule has 0 fully saturated rings. The van der Waals surface area contributed by atoms with Crippen LogP contribution in [0.25, 0.3) is 0 Å². The van der Waals surface area contributed by atoms with Crippen molar-refractivity contribution in [1.29, 1.82) is 0 Å². The minimum atomic E-state index is -1.35. The fraction of sp³-hybridized carbons (Fsp3) is 0.714. The van der Waals surface area contributed by atoms with Crippen LogP contribution < -0.4 is 21.3 Å². The van der Waals surface area contributed by atoms with Gasteiger partial charge in [-0.2, -0.15) is 0 Å². The number of hydrogen-bond donors (Lipinski definition) is 8. The molecule has 150 valence electrons. The molecule has 4 amide bonds. The van der Waals surface area contributed by atoms with E-state index in [4.69, 9.17) is 20.4 Å². The highest BCUT2D eigenvalue weighted by molar-refractivity contribution is 5.83. The minimum absolute atomic E-state index is 0.328. The van der Waals surface area contributed by atoms with Crippen LogP contribution in [0.5, 0.6) is 0 Å². The number of carboxylic acid groups (broad SMARTS) is 2. The Morgan fingerprint density at radius 2 is 1.00 bits per heavy atom. The maximum Gasteiger partial charge on any atom is 0.328 e. The molecule has 12 nitrogen and oxygen atoms in total. The molecule has 0 bridgehead atoms. The first-order chi connectivity index (χ1) is 12.3. The van der Waals surface area contributed by atoms with Gasteiger partial charge in [-0.3, -0.25) is 0 Å². The zero-order valence-electron chi connectivity index (χ0n) is 14.2. The number of nitrogens with one attached hydrogen (secondary N) is 4. The van der Waals surface area contributed by atoms with Gasteiger partial charge in [-0.15, -0.1) is 0 Å². The van der Waals surface area contributed by atoms with Crippen molar-refractivity contribution < 1.29 is 39.6 Å². The smallest absolute Gasteiger partial charge is 0.328 e. The van der Waals surface area contributed by atoms with Crippen LogP contribution in [0, 0.1) is 0 Å². The lowest BCUT2D eigenvalue weighted by atomic mass is 10.2. The van der Waals surface area contributed by atoms with Crippen LogP contribution in [0.2, 0.25) is 0 Å². The molecule has 0 aromatic heterocycles. The molecule has 0 aliphatic carbocycles. The number of hydrogen-bond acceptors (Lipinski definition) is 6. The van der Waals surface area contributed by atoms with Crippen LogP contribution in [-0.2, 0) is 9.59 Å². The van der Waals surface area contributed by atoms with Crippen molar-refractivity contribution in [3.8, 4) is 0 Å². The molecule has 0 spiro atoms. The molecule has 0 rings (SSSR count). The summed E-state index contributed by atoms with van der Waals surface area (Å²) in [4.78, 5) is 44.0. The standard InChI is InChI=1S/C14H26N4O8/c19-7-9(11(21)22)17-13(25)15-5-3-1-2-4-6-16-14(26)18-10(8-20)12(23)24/h9-10,19-20H,1-8H2,(H,21,22)(H,23,24)(H2,15,17,25)(H2,16,18,26)/t9-,10+. The van der Waals surface area contributed by atoms with Crippen molar-refractivity contribution >= 4 is 24.0 Å². The van der Waals surface area contributed by atoms with Crippen molar-refractivity contribution in [2.45, 2.75) is 37.8 Å². The van der Waals surface area contributed by atoms with Crippen LogP contribution in [-0.4, -0.2) is 82.8 Å². The van der Waals surface area contributed by atoms with Gasteiger partial charge in [-0.25, -0.2) is 19.2 Å². The summed E-state index contributed by atoms with van der Waals surface area (Å²) < 4.78 is 0. The number of rotatable bonds is 13. The first-order valence-corrected chi connectivity index (χ1v) is 8.07. The summed E-state index contributed by atoms with van der Waals surface area (Å²) in [7, 11) is 0. The van der Waals surface area contributed by atoms with E-state index < -0.39 is 49.3 Å². The number of unbranched alkanes of at least 4 members (excludes halogenated alkanes) is 3. The fourth-order valence-electron chi connectivity index (χ4n) is 1.80. The molecule has 12 heteroatoms. The van der Waals surface area contributed by atoms with Gasteiger partial charge in [-0.05, 0) is 12.8 Å². The van der Waals surface area contributed by atoms with Crippen molar-refractivity contribution in [3.05, 3.63) is 0 Å². The molecule has 0 aromatic carbocycles. The van der Waals surface area contributed by atoms with Gasteiger partial charge in [0.15, 0.2) is 12.1 Å². The number of carboxylic acids is 2. The van der Waals surface area contributed by atoms with Gasteiger partial charge in [0.05, 0.1) is 13.2 Å². The van der Waals surface area contributed by atoms with E-state index in [2.05, 4.69) is 21.3 Å². The average Bonchev–Trinajstić information content (AvgIpc) is 2.59. The predicted molar refractivity (Wildman–Crippen MR) is 88.6 cm³/mol. The highest BCUT2D eigenvalue weighted by Gasteiger charge is 2.18. The number of carbonyl (C=O) groups is 4. The Kier molecular flexibility index (Phi) is 12.3. The lowest BCUT2D eigenvalue weighted by Crippen LogP contribution is -2.48. The normalized spacial score (nSPS) is 12.5. The molecule has 8 N–H and O–H groups in total. The Labute approximate surface area is 150 Å². The zero-order chi connectivity index (χ0) is 19.9. The van der Waals surface area contributed by atoms with E-state index in [-0.39, 0.29) is 0 Å². The second-order valence-electron chi connectivity index (χ2n) is 5.36. The summed E-state index contributed by atoms with van der Waals surface area (Å²) in [5.41, 5.74) is 0. The molecular formula is C14H26N4O8. The monoisotopic (exact) mass is 378 g/mol. The second kappa shape index (κ2) is 13.7. The van der Waals surface area contributed by atoms with E-state index in [1.807, 2.05) is 0 Å². The summed E-state index contributed by atoms with van der Waals surface area (Å²) in [5, 5.41) is 44.0. The van der Waals surface area contributed by atoms with E-state index in [0.29, 0.717) is 25.9 Å². The number of urea groups is 2. The third kappa shape index (κ3) is 11.0. The van der Waals surface area contributed by atoms with Gasteiger partial charge in [0.2, 0.25) is 0 Å². The third-order valence-corrected chi connectivity index (χ3v) is 3.25. The summed E-state index contributed by atoms with van der Waals surface area (Å²) in [6.07, 6.45) is 2.78. The zero-order valence-corrected chi connectivity index (χ0v) is 14.2. The molecular weight excluding hydrogens is 352 g/mol. The van der Waals surface area contributed by atoms with Gasteiger partial charge in [0.25, 0.3) is 0 Å². The lowest BCUT2D eigenvalue weighted by Gasteiger charge is -2.13. The van der Waals surface area contributed by atoms with Gasteiger partial charge in [0, 0.05) is 13.1 Å². The van der Waals surface area contributed by atoms with E-state index in [9.17, 15) is 19.2 Å². The third-order valence-electron chi connectivity index (χ3n) is 3.25. The molecule has 0 saturated carbocycles. The van der Waals surface area contributed by atoms with Crippen molar-refractivity contribution in [2.24, 2.45) is 0 Å². The fourth-order valence-corrected chi connectivity index (χ4v) is 1.80. The van der Waals surface area contributed by atoms with Gasteiger partial charge >= 0.3 is 24.0 Å². The molecule has 0 aliphatic heterocycles. The van der Waals surface area contributed by atoms with Crippen LogP contribution in [0.1, 0.15) is 25.7 Å². The quantitative estimate of drug-likeness (QED) is 0.169. The van der Waals surface area contributed by atoms with Crippen LogP contribution in [0.15, 0.2) is 0 Å². The first kappa shape index (κ1) is 23.4. The highest BCUT2D eigenvalue weighted by atomic mass is 16.4. The number of aliphatic hydroxyl groups is 2. The Bertz CT molecular complexity index is 432. The molecule has 0 aliphatic rings. The molecule has 2 atom stereocenters. The van der Waals surface area contributed by atoms with Crippen molar-refractivity contribution in [2.75, 3.05) is 26.3 Å². The first-order valence-electron chi connectivity index (χ1n) is 8.07. The summed E-state index contributed by atoms with van der Waals surface area (Å²) in [6.45, 7) is -0.744. The van der Waals surface area contributed by atoms with Crippen molar-refractivity contribution in [1.82, 2.24) is 21.3 Å². The SMILES string of the molecule is O=C(NCCCCCCNC(=O)N[C@H](CO)C(=O)O)N[C@@H](CO)C(=O)O. The Morgan fingerprint density at radius 1 is 0.654 bits per heavy atom. The van der Waals surface area contributed by atoms with Gasteiger partial charge < -0.3 is 41.7 Å². The maximum absolute atomic E-state index is 11.4. The summed E-state index contributed by atoms with van der Waals surface area (Å²) in [6, 6.07) is -4.05. The number of aliphatic hydroxyl groups excluding tert-OH is 2. The van der Waals surface area contributed by atoms with Gasteiger partial charge in [0.1, 0.15) is 0 Å². The average molecular weight is 378 g/mol. The van der Waals surface area contributed by atoms with Crippen LogP contribution >= 0.6 is 0 Å². The molecule has 26 heavy (non-hydrogen) atoms. The Morgan fingerprint density at radius 3 is 1.27 bits per heavy atom. The van der Waals surface area contributed by atoms with Crippen LogP contribution in [0.3, 0.4) is 0 Å². The Hall–Kier alpha value is -2.60. The van der Waals surface area contributed by atoms with Crippen molar-refractivity contribution in [3.63, 3.8) is 0 Å². The molecule has 0 unspecified atom stereocenters. The predicted octanol–water partition coefficient (Wildman–Crippen LogP) is -1.96. The highest BCUT2D eigenvalue weighted by Crippen LogP contribution is 1.98. The largest absolute Gasteiger partial charge is 0.480 e. The lowest BCUT2D eigenvalue weighted by molar-refractivity contribution is -0.141.